The molecule has 3 aliphatic heterocycles. The van der Waals surface area contributed by atoms with E-state index in [1.54, 1.807) is 0 Å². The third kappa shape index (κ3) is 9.36. The minimum absolute atomic E-state index is 0.0147. The van der Waals surface area contributed by atoms with Crippen LogP contribution in [0.5, 0.6) is 0 Å². The molecule has 3 saturated heterocycles. The molecule has 1 unspecified atom stereocenters. The molecular formula is C48H82O19. The van der Waals surface area contributed by atoms with Crippen LogP contribution < -0.4 is 0 Å². The molecular weight excluding hydrogens is 881 g/mol. The van der Waals surface area contributed by atoms with Gasteiger partial charge in [-0.05, 0) is 86.9 Å². The highest BCUT2D eigenvalue weighted by molar-refractivity contribution is 5.32. The Balaban J connectivity index is 1.04. The maximum atomic E-state index is 12.6. The Labute approximate surface area is 393 Å². The Morgan fingerprint density at radius 2 is 1.37 bits per heavy atom. The van der Waals surface area contributed by atoms with Gasteiger partial charge < -0.3 is 94.8 Å². The van der Waals surface area contributed by atoms with Crippen molar-refractivity contribution >= 4 is 0 Å². The molecule has 0 radical (unpaired) electrons. The van der Waals surface area contributed by atoms with Crippen molar-refractivity contribution in [2.75, 3.05) is 19.8 Å². The second-order valence-electron chi connectivity index (χ2n) is 23.1. The summed E-state index contributed by atoms with van der Waals surface area (Å²) >= 11 is 0. The molecule has 0 spiro atoms. The van der Waals surface area contributed by atoms with Crippen molar-refractivity contribution in [2.24, 2.45) is 45.3 Å². The highest BCUT2D eigenvalue weighted by Gasteiger charge is 2.70. The number of hydrogen-bond acceptors (Lipinski definition) is 19. The molecule has 3 heterocycles. The van der Waals surface area contributed by atoms with Gasteiger partial charge in [-0.1, -0.05) is 53.2 Å². The summed E-state index contributed by atoms with van der Waals surface area (Å²) in [5.41, 5.74) is -2.15. The monoisotopic (exact) mass is 963 g/mol. The average Bonchev–Trinajstić information content (AvgIpc) is 3.53. The minimum Gasteiger partial charge on any atom is -0.394 e. The van der Waals surface area contributed by atoms with Crippen molar-refractivity contribution in [3.63, 3.8) is 0 Å². The van der Waals surface area contributed by atoms with Crippen LogP contribution in [0.25, 0.3) is 0 Å². The van der Waals surface area contributed by atoms with Gasteiger partial charge in [0, 0.05) is 23.7 Å². The van der Waals surface area contributed by atoms with Crippen LogP contribution in [-0.4, -0.2) is 202 Å². The fourth-order valence-electron chi connectivity index (χ4n) is 14.1. The average molecular weight is 963 g/mol. The van der Waals surface area contributed by atoms with Crippen molar-refractivity contribution in [1.29, 1.82) is 0 Å². The lowest BCUT2D eigenvalue weighted by Crippen LogP contribution is -2.65. The first-order chi connectivity index (χ1) is 31.2. The molecule has 4 aliphatic carbocycles. The van der Waals surface area contributed by atoms with Crippen molar-refractivity contribution in [3.05, 3.63) is 11.6 Å². The Morgan fingerprint density at radius 1 is 0.746 bits per heavy atom. The summed E-state index contributed by atoms with van der Waals surface area (Å²) in [7, 11) is 0. The number of aliphatic hydroxyl groups excluding tert-OH is 12. The Kier molecular flexibility index (Phi) is 15.9. The van der Waals surface area contributed by atoms with E-state index >= 15 is 0 Å². The van der Waals surface area contributed by atoms with Gasteiger partial charge in [0.25, 0.3) is 0 Å². The van der Waals surface area contributed by atoms with Crippen LogP contribution >= 0.6 is 0 Å². The van der Waals surface area contributed by atoms with E-state index in [2.05, 4.69) is 40.7 Å². The molecule has 0 aromatic rings. The molecule has 6 fully saturated rings. The molecule has 0 bridgehead atoms. The summed E-state index contributed by atoms with van der Waals surface area (Å²) in [5.74, 6) is -0.289. The van der Waals surface area contributed by atoms with Gasteiger partial charge in [0.15, 0.2) is 18.9 Å². The fourth-order valence-corrected chi connectivity index (χ4v) is 14.1. The zero-order valence-corrected chi connectivity index (χ0v) is 40.3. The maximum absolute atomic E-state index is 12.6. The van der Waals surface area contributed by atoms with Gasteiger partial charge in [0.05, 0.1) is 62.0 Å². The number of fused-ring (bicyclic) bond motifs is 5. The third-order valence-corrected chi connectivity index (χ3v) is 18.7. The lowest BCUT2D eigenvalue weighted by Gasteiger charge is -2.67. The smallest absolute Gasteiger partial charge is 0.187 e. The molecule has 19 heteroatoms. The van der Waals surface area contributed by atoms with Gasteiger partial charge in [0.1, 0.15) is 54.9 Å². The number of allylic oxidation sites excluding steroid dienone is 1. The van der Waals surface area contributed by atoms with E-state index < -0.39 is 152 Å². The van der Waals surface area contributed by atoms with E-state index in [0.717, 1.165) is 18.4 Å². The van der Waals surface area contributed by atoms with Gasteiger partial charge in [-0.2, -0.15) is 0 Å². The molecule has 0 aromatic carbocycles. The maximum Gasteiger partial charge on any atom is 0.187 e. The van der Waals surface area contributed by atoms with E-state index in [4.69, 9.17) is 28.4 Å². The minimum atomic E-state index is -1.78. The number of rotatable bonds is 14. The van der Waals surface area contributed by atoms with Gasteiger partial charge in [0.2, 0.25) is 0 Å². The second-order valence-corrected chi connectivity index (χ2v) is 23.1. The first-order valence-corrected chi connectivity index (χ1v) is 24.5. The van der Waals surface area contributed by atoms with Gasteiger partial charge in [-0.3, -0.25) is 0 Å². The standard InChI is InChI=1S/C48H82O19/c1-21(26(51)16-33(45(4,5)61)67-43-40(60)38(58)36(56)29(65-43)20-62-41-34(54)27(52)15-22(18-49)63-41)23-13-14-46(6)30-11-9-24-25(48(30,8)31(53)17-47(23,46)7)10-12-32(44(24,2)3)66-42-39(59)37(57)35(55)28(19-50)64-42/h9,21-23,25-43,49-61H,10-20H2,1-8H3/t21-,22-,23+,25+,26?,27-,28+,29+,30-,31+,32-,33+,34+,35+,36+,37-,38-,39+,40+,41+,42-,43-,46-,47+,48-/m0/s1. The first-order valence-electron chi connectivity index (χ1n) is 24.5. The van der Waals surface area contributed by atoms with Gasteiger partial charge in [-0.15, -0.1) is 0 Å². The van der Waals surface area contributed by atoms with E-state index in [9.17, 15) is 66.4 Å². The summed E-state index contributed by atoms with van der Waals surface area (Å²) < 4.78 is 35.4. The third-order valence-electron chi connectivity index (χ3n) is 18.7. The number of hydrogen-bond donors (Lipinski definition) is 13. The van der Waals surface area contributed by atoms with Crippen LogP contribution in [-0.2, 0) is 28.4 Å². The molecule has 25 atom stereocenters. The Bertz CT molecular complexity index is 1710. The van der Waals surface area contributed by atoms with Crippen LogP contribution in [0.1, 0.15) is 107 Å². The highest BCUT2D eigenvalue weighted by Crippen LogP contribution is 2.75. The lowest BCUT2D eigenvalue weighted by molar-refractivity contribution is -0.337. The highest BCUT2D eigenvalue weighted by atomic mass is 16.7. The Hall–Kier alpha value is -1.02. The number of aliphatic hydroxyl groups is 13. The van der Waals surface area contributed by atoms with E-state index in [-0.39, 0.29) is 41.9 Å². The molecule has 7 aliphatic rings. The molecule has 67 heavy (non-hydrogen) atoms. The second kappa shape index (κ2) is 19.8. The predicted molar refractivity (Wildman–Crippen MR) is 235 cm³/mol. The van der Waals surface area contributed by atoms with Crippen molar-refractivity contribution in [2.45, 2.75) is 223 Å². The molecule has 0 aromatic heterocycles. The van der Waals surface area contributed by atoms with Crippen LogP contribution in [0.3, 0.4) is 0 Å². The molecule has 13 N–H and O–H groups in total. The van der Waals surface area contributed by atoms with Crippen molar-refractivity contribution in [3.8, 4) is 0 Å². The normalized spacial score (nSPS) is 50.3. The lowest BCUT2D eigenvalue weighted by atomic mass is 9.38. The summed E-state index contributed by atoms with van der Waals surface area (Å²) in [6, 6.07) is 0. The SMILES string of the molecule is C[C@H](C(O)C[C@@H](O[C@@H]1O[C@H](CO[C@@H]2O[C@H](CO)C[C@H](O)[C@H]2O)[C@@H](O)[C@H](O)[C@H]1O)C(C)(C)O)[C@H]1CC[C@@]2(C)[C@@H]3CC=C4[C@@H](CC[C@H](O[C@@H]5O[C@H](CO)[C@@H](O)[C@H](O)[C@H]5O)C4(C)C)[C@]3(C)[C@H](O)C[C@]12C. The van der Waals surface area contributed by atoms with Crippen molar-refractivity contribution in [1.82, 2.24) is 0 Å². The molecule has 19 nitrogen and oxygen atoms in total. The van der Waals surface area contributed by atoms with Crippen molar-refractivity contribution < 1.29 is 94.8 Å². The summed E-state index contributed by atoms with van der Waals surface area (Å²) in [5, 5.41) is 140. The van der Waals surface area contributed by atoms with Crippen LogP contribution in [0.15, 0.2) is 11.6 Å². The fraction of sp³-hybridized carbons (Fsp3) is 0.958. The first kappa shape index (κ1) is 53.8. The van der Waals surface area contributed by atoms with Crippen LogP contribution in [0.2, 0.25) is 0 Å². The topological polar surface area (TPSA) is 318 Å². The van der Waals surface area contributed by atoms with E-state index in [1.165, 1.54) is 13.8 Å². The number of ether oxygens (including phenoxy) is 6. The van der Waals surface area contributed by atoms with Gasteiger partial charge >= 0.3 is 0 Å². The zero-order chi connectivity index (χ0) is 49.5. The molecule has 3 saturated carbocycles. The summed E-state index contributed by atoms with van der Waals surface area (Å²) in [6.07, 6.45) is -17.0. The molecule has 0 amide bonds. The van der Waals surface area contributed by atoms with Crippen LogP contribution in [0, 0.1) is 45.3 Å². The summed E-state index contributed by atoms with van der Waals surface area (Å²) in [4.78, 5) is 0. The van der Waals surface area contributed by atoms with E-state index in [1.807, 2.05) is 6.92 Å². The largest absolute Gasteiger partial charge is 0.394 e. The molecule has 7 rings (SSSR count). The van der Waals surface area contributed by atoms with E-state index in [0.29, 0.717) is 25.7 Å². The molecule has 388 valence electrons. The van der Waals surface area contributed by atoms with Crippen LogP contribution in [0.4, 0.5) is 0 Å². The van der Waals surface area contributed by atoms with Gasteiger partial charge in [-0.25, -0.2) is 0 Å². The summed E-state index contributed by atoms with van der Waals surface area (Å²) in [6.45, 7) is 14.5. The zero-order valence-electron chi connectivity index (χ0n) is 40.3. The Morgan fingerprint density at radius 3 is 2.00 bits per heavy atom. The predicted octanol–water partition coefficient (Wildman–Crippen LogP) is -1.06. The quantitative estimate of drug-likeness (QED) is 0.0924.